The Hall–Kier alpha value is -4.64. The molecule has 1 unspecified atom stereocenters. The van der Waals surface area contributed by atoms with Crippen LogP contribution in [0.1, 0.15) is 50.0 Å². The molecule has 1 atom stereocenters. The van der Waals surface area contributed by atoms with E-state index >= 15 is 0 Å². The second-order valence-electron chi connectivity index (χ2n) is 8.93. The molecular weight excluding hydrogens is 484 g/mol. The highest BCUT2D eigenvalue weighted by Crippen LogP contribution is 2.27. The lowest BCUT2D eigenvalue weighted by atomic mass is 10.0. The van der Waals surface area contributed by atoms with Gasteiger partial charge in [0.25, 0.3) is 5.56 Å². The van der Waals surface area contributed by atoms with E-state index in [2.05, 4.69) is 25.3 Å². The molecule has 0 saturated carbocycles. The average Bonchev–Trinajstić information content (AvgIpc) is 3.44. The van der Waals surface area contributed by atoms with Crippen LogP contribution in [-0.2, 0) is 11.2 Å². The zero-order chi connectivity index (χ0) is 26.5. The summed E-state index contributed by atoms with van der Waals surface area (Å²) in [5.74, 6) is 0.697. The molecule has 3 heterocycles. The zero-order valence-corrected chi connectivity index (χ0v) is 20.9. The molecule has 0 aliphatic rings. The predicted octanol–water partition coefficient (Wildman–Crippen LogP) is 3.83. The molecule has 0 aliphatic carbocycles. The summed E-state index contributed by atoms with van der Waals surface area (Å²) >= 11 is 0. The SMILES string of the molecule is CCC(Nc1ncnc2[nH]cnc12)c1nc2cccc(CCCCC(=O)NO)c2c(=O)n1-c1ccccc1. The first-order valence-corrected chi connectivity index (χ1v) is 12.5. The van der Waals surface area contributed by atoms with E-state index in [1.807, 2.05) is 55.5 Å². The highest BCUT2D eigenvalue weighted by molar-refractivity contribution is 5.83. The summed E-state index contributed by atoms with van der Waals surface area (Å²) in [6.45, 7) is 2.02. The van der Waals surface area contributed by atoms with Gasteiger partial charge in [0, 0.05) is 6.42 Å². The highest BCUT2D eigenvalue weighted by atomic mass is 16.5. The van der Waals surface area contributed by atoms with E-state index in [1.165, 1.54) is 6.33 Å². The minimum absolute atomic E-state index is 0.159. The van der Waals surface area contributed by atoms with Crippen molar-refractivity contribution in [2.24, 2.45) is 0 Å². The molecule has 194 valence electrons. The number of anilines is 1. The first kappa shape index (κ1) is 25.0. The number of aromatic amines is 1. The number of rotatable bonds is 10. The average molecular weight is 513 g/mol. The fourth-order valence-electron chi connectivity index (χ4n) is 4.63. The van der Waals surface area contributed by atoms with Gasteiger partial charge in [0.15, 0.2) is 11.5 Å². The van der Waals surface area contributed by atoms with E-state index in [0.717, 1.165) is 5.56 Å². The number of hydrogen-bond acceptors (Lipinski definition) is 8. The van der Waals surface area contributed by atoms with E-state index in [1.54, 1.807) is 16.4 Å². The van der Waals surface area contributed by atoms with Gasteiger partial charge < -0.3 is 10.3 Å². The van der Waals surface area contributed by atoms with Crippen molar-refractivity contribution in [3.8, 4) is 5.69 Å². The minimum atomic E-state index is -0.422. The summed E-state index contributed by atoms with van der Waals surface area (Å²) in [5, 5.41) is 12.7. The number of hydroxylamine groups is 1. The summed E-state index contributed by atoms with van der Waals surface area (Å²) in [4.78, 5) is 46.5. The van der Waals surface area contributed by atoms with Gasteiger partial charge in [-0.05, 0) is 49.4 Å². The van der Waals surface area contributed by atoms with Crippen molar-refractivity contribution in [1.29, 1.82) is 0 Å². The third-order valence-corrected chi connectivity index (χ3v) is 6.50. The van der Waals surface area contributed by atoms with Crippen LogP contribution in [0.25, 0.3) is 27.8 Å². The Kier molecular flexibility index (Phi) is 7.36. The third kappa shape index (κ3) is 4.96. The number of H-pyrrole nitrogens is 1. The molecule has 5 aromatic rings. The van der Waals surface area contributed by atoms with Crippen LogP contribution >= 0.6 is 0 Å². The summed E-state index contributed by atoms with van der Waals surface area (Å²) in [5.41, 5.74) is 4.91. The maximum atomic E-state index is 14.2. The smallest absolute Gasteiger partial charge is 0.266 e. The normalized spacial score (nSPS) is 12.1. The summed E-state index contributed by atoms with van der Waals surface area (Å²) in [6.07, 6.45) is 5.76. The van der Waals surface area contributed by atoms with Crippen LogP contribution in [0, 0.1) is 0 Å². The molecule has 0 fully saturated rings. The molecule has 4 N–H and O–H groups in total. The molecule has 3 aromatic heterocycles. The van der Waals surface area contributed by atoms with E-state index in [-0.39, 0.29) is 18.0 Å². The van der Waals surface area contributed by atoms with E-state index in [0.29, 0.717) is 65.1 Å². The van der Waals surface area contributed by atoms with Gasteiger partial charge in [-0.15, -0.1) is 0 Å². The number of para-hydroxylation sites is 1. The number of unbranched alkanes of at least 4 members (excludes halogenated alkanes) is 1. The second-order valence-corrected chi connectivity index (χ2v) is 8.93. The fourth-order valence-corrected chi connectivity index (χ4v) is 4.63. The van der Waals surface area contributed by atoms with Gasteiger partial charge in [0.2, 0.25) is 5.91 Å². The van der Waals surface area contributed by atoms with Crippen molar-refractivity contribution < 1.29 is 10.0 Å². The summed E-state index contributed by atoms with van der Waals surface area (Å²) in [7, 11) is 0. The Bertz CT molecular complexity index is 1630. The minimum Gasteiger partial charge on any atom is -0.358 e. The van der Waals surface area contributed by atoms with Gasteiger partial charge in [0.05, 0.1) is 29.0 Å². The van der Waals surface area contributed by atoms with Gasteiger partial charge in [-0.3, -0.25) is 19.4 Å². The van der Waals surface area contributed by atoms with Crippen LogP contribution in [0.4, 0.5) is 5.82 Å². The Morgan fingerprint density at radius 2 is 1.92 bits per heavy atom. The Morgan fingerprint density at radius 1 is 1.08 bits per heavy atom. The number of nitrogens with one attached hydrogen (secondary N) is 3. The van der Waals surface area contributed by atoms with Crippen LogP contribution in [0.5, 0.6) is 0 Å². The van der Waals surface area contributed by atoms with E-state index in [4.69, 9.17) is 10.2 Å². The van der Waals surface area contributed by atoms with Gasteiger partial charge in [-0.2, -0.15) is 0 Å². The van der Waals surface area contributed by atoms with Crippen LogP contribution in [0.3, 0.4) is 0 Å². The maximum Gasteiger partial charge on any atom is 0.266 e. The molecular formula is C27H28N8O3. The number of carbonyl (C=O) groups is 1. The standard InChI is InChI=1S/C27H28N8O3/c1-2-19(32-25-23-24(29-15-28-23)30-16-31-25)26-33-20-13-8-10-17(9-6-7-14-21(36)34-38)22(20)27(37)35(26)18-11-4-3-5-12-18/h3-5,8,10-13,15-16,19,38H,2,6-7,9,14H2,1H3,(H,34,36)(H2,28,29,30,31,32). The van der Waals surface area contributed by atoms with Crippen molar-refractivity contribution in [3.63, 3.8) is 0 Å². The Balaban J connectivity index is 1.60. The molecule has 1 amide bonds. The summed E-state index contributed by atoms with van der Waals surface area (Å²) < 4.78 is 1.66. The van der Waals surface area contributed by atoms with Crippen LogP contribution in [0.2, 0.25) is 0 Å². The first-order valence-electron chi connectivity index (χ1n) is 12.5. The Morgan fingerprint density at radius 3 is 2.71 bits per heavy atom. The number of benzene rings is 2. The fraction of sp³-hybridized carbons (Fsp3) is 0.259. The second kappa shape index (κ2) is 11.2. The lowest BCUT2D eigenvalue weighted by Gasteiger charge is -2.22. The molecule has 5 rings (SSSR count). The van der Waals surface area contributed by atoms with Crippen molar-refractivity contribution in [2.45, 2.75) is 45.1 Å². The van der Waals surface area contributed by atoms with Gasteiger partial charge >= 0.3 is 0 Å². The van der Waals surface area contributed by atoms with Crippen molar-refractivity contribution in [2.75, 3.05) is 5.32 Å². The van der Waals surface area contributed by atoms with Crippen LogP contribution < -0.4 is 16.4 Å². The van der Waals surface area contributed by atoms with Crippen molar-refractivity contribution >= 4 is 33.8 Å². The number of amides is 1. The predicted molar refractivity (Wildman–Crippen MR) is 143 cm³/mol. The van der Waals surface area contributed by atoms with Crippen molar-refractivity contribution in [3.05, 3.63) is 82.9 Å². The van der Waals surface area contributed by atoms with Crippen molar-refractivity contribution in [1.82, 2.24) is 35.0 Å². The van der Waals surface area contributed by atoms with Crippen LogP contribution in [0.15, 0.2) is 66.0 Å². The van der Waals surface area contributed by atoms with E-state index < -0.39 is 5.91 Å². The molecule has 0 saturated heterocycles. The Labute approximate surface area is 218 Å². The summed E-state index contributed by atoms with van der Waals surface area (Å²) in [6, 6.07) is 14.8. The van der Waals surface area contributed by atoms with Crippen LogP contribution in [-0.4, -0.2) is 40.6 Å². The molecule has 2 aromatic carbocycles. The van der Waals surface area contributed by atoms with E-state index in [9.17, 15) is 9.59 Å². The molecule has 38 heavy (non-hydrogen) atoms. The number of imidazole rings is 1. The lowest BCUT2D eigenvalue weighted by Crippen LogP contribution is -2.29. The third-order valence-electron chi connectivity index (χ3n) is 6.50. The number of nitrogens with zero attached hydrogens (tertiary/aromatic N) is 5. The quantitative estimate of drug-likeness (QED) is 0.125. The molecule has 0 bridgehead atoms. The lowest BCUT2D eigenvalue weighted by molar-refractivity contribution is -0.129. The molecule has 0 spiro atoms. The number of fused-ring (bicyclic) bond motifs is 2. The van der Waals surface area contributed by atoms with Gasteiger partial charge in [-0.25, -0.2) is 25.4 Å². The zero-order valence-electron chi connectivity index (χ0n) is 20.9. The molecule has 0 aliphatic heterocycles. The molecule has 11 nitrogen and oxygen atoms in total. The monoisotopic (exact) mass is 512 g/mol. The molecule has 11 heteroatoms. The largest absolute Gasteiger partial charge is 0.358 e. The molecule has 0 radical (unpaired) electrons. The van der Waals surface area contributed by atoms with Gasteiger partial charge in [0.1, 0.15) is 17.7 Å². The number of aromatic nitrogens is 6. The topological polar surface area (TPSA) is 151 Å². The highest BCUT2D eigenvalue weighted by Gasteiger charge is 2.23. The first-order chi connectivity index (χ1) is 18.6. The number of aryl methyl sites for hydroxylation is 1. The number of hydrogen-bond donors (Lipinski definition) is 4. The number of carbonyl (C=O) groups excluding carboxylic acids is 1. The van der Waals surface area contributed by atoms with Gasteiger partial charge in [-0.1, -0.05) is 37.3 Å². The maximum absolute atomic E-state index is 14.2.